The van der Waals surface area contributed by atoms with E-state index in [4.69, 9.17) is 4.99 Å². The number of thiophene rings is 1. The molecule has 6 rings (SSSR count). The molecular weight excluding hydrogens is 511 g/mol. The van der Waals surface area contributed by atoms with Gasteiger partial charge in [0.15, 0.2) is 0 Å². The van der Waals surface area contributed by atoms with Crippen molar-refractivity contribution in [1.82, 2.24) is 4.90 Å². The Morgan fingerprint density at radius 2 is 1.71 bits per heavy atom. The number of alkyl halides is 1. The monoisotopic (exact) mass is 534 g/mol. The number of benzene rings is 3. The van der Waals surface area contributed by atoms with Crippen molar-refractivity contribution in [1.29, 1.82) is 0 Å². The van der Waals surface area contributed by atoms with Crippen molar-refractivity contribution in [2.75, 3.05) is 11.5 Å². The molecule has 154 valence electrons. The van der Waals surface area contributed by atoms with Gasteiger partial charge < -0.3 is 4.90 Å². The van der Waals surface area contributed by atoms with Gasteiger partial charge in [-0.05, 0) is 39.9 Å². The van der Waals surface area contributed by atoms with Gasteiger partial charge in [-0.2, -0.15) is 0 Å². The fourth-order valence-electron chi connectivity index (χ4n) is 5.19. The van der Waals surface area contributed by atoms with Gasteiger partial charge in [-0.15, -0.1) is 11.3 Å². The number of hydrogen-bond acceptors (Lipinski definition) is 3. The molecular formula is C27H23IN2S. The molecule has 1 atom stereocenters. The first-order chi connectivity index (χ1) is 15.0. The molecule has 1 aliphatic carbocycles. The summed E-state index contributed by atoms with van der Waals surface area (Å²) in [4.78, 5) is 7.53. The number of halogens is 1. The minimum absolute atomic E-state index is 0.00572. The molecule has 4 aromatic rings. The average Bonchev–Trinajstić information content (AvgIpc) is 3.26. The predicted molar refractivity (Wildman–Crippen MR) is 140 cm³/mol. The van der Waals surface area contributed by atoms with Crippen LogP contribution in [0.5, 0.6) is 0 Å². The maximum absolute atomic E-state index is 5.15. The summed E-state index contributed by atoms with van der Waals surface area (Å²) in [5.74, 6) is 0. The molecule has 2 heterocycles. The summed E-state index contributed by atoms with van der Waals surface area (Å²) in [6, 6.07) is 24.6. The largest absolute Gasteiger partial charge is 0.350 e. The fourth-order valence-corrected chi connectivity index (χ4v) is 7.24. The Morgan fingerprint density at radius 1 is 0.968 bits per heavy atom. The molecule has 31 heavy (non-hydrogen) atoms. The second-order valence-electron chi connectivity index (χ2n) is 8.93. The van der Waals surface area contributed by atoms with E-state index in [9.17, 15) is 0 Å². The van der Waals surface area contributed by atoms with Gasteiger partial charge in [0.25, 0.3) is 0 Å². The lowest BCUT2D eigenvalue weighted by molar-refractivity contribution is 0.377. The lowest BCUT2D eigenvalue weighted by Crippen LogP contribution is -2.43. The molecule has 0 bridgehead atoms. The van der Waals surface area contributed by atoms with E-state index in [-0.39, 0.29) is 11.6 Å². The third-order valence-corrected chi connectivity index (χ3v) is 8.81. The number of rotatable bonds is 2. The van der Waals surface area contributed by atoms with Crippen LogP contribution in [0.4, 0.5) is 0 Å². The Bertz CT molecular complexity index is 1480. The topological polar surface area (TPSA) is 15.6 Å². The summed E-state index contributed by atoms with van der Waals surface area (Å²) in [7, 11) is 2.20. The van der Waals surface area contributed by atoms with Gasteiger partial charge >= 0.3 is 0 Å². The highest BCUT2D eigenvalue weighted by molar-refractivity contribution is 14.1. The standard InChI is InChI=1S/C27H23IN2S/c1-27(2)20-10-6-4-8-17(20)18-13-12-16(14-21(18)27)25-26-24(29-23(15-28)30(25)3)19-9-5-7-11-22(19)31-26/h4-14,23H,15H2,1-3H3/t23-/m0/s1. The van der Waals surface area contributed by atoms with Crippen LogP contribution in [0.15, 0.2) is 71.7 Å². The van der Waals surface area contributed by atoms with E-state index < -0.39 is 0 Å². The van der Waals surface area contributed by atoms with E-state index in [1.54, 1.807) is 0 Å². The first-order valence-electron chi connectivity index (χ1n) is 10.6. The minimum Gasteiger partial charge on any atom is -0.350 e. The second kappa shape index (κ2) is 6.91. The van der Waals surface area contributed by atoms with Crippen molar-refractivity contribution in [2.45, 2.75) is 25.4 Å². The summed E-state index contributed by atoms with van der Waals surface area (Å²) in [6.45, 7) is 4.70. The first kappa shape index (κ1) is 19.5. The van der Waals surface area contributed by atoms with Crippen molar-refractivity contribution in [3.05, 3.63) is 93.3 Å². The fraction of sp³-hybridized carbons (Fsp3) is 0.222. The normalized spacial score (nSPS) is 18.5. The Balaban J connectivity index is 1.66. The van der Waals surface area contributed by atoms with E-state index in [0.29, 0.717) is 0 Å². The van der Waals surface area contributed by atoms with E-state index in [1.165, 1.54) is 53.5 Å². The molecule has 0 saturated carbocycles. The van der Waals surface area contributed by atoms with Crippen molar-refractivity contribution in [3.8, 4) is 11.1 Å². The number of fused-ring (bicyclic) bond motifs is 6. The van der Waals surface area contributed by atoms with Crippen LogP contribution in [0.2, 0.25) is 0 Å². The third kappa shape index (κ3) is 2.70. The second-order valence-corrected chi connectivity index (χ2v) is 10.9. The Morgan fingerprint density at radius 3 is 2.55 bits per heavy atom. The zero-order valence-electron chi connectivity index (χ0n) is 17.8. The van der Waals surface area contributed by atoms with E-state index >= 15 is 0 Å². The quantitative estimate of drug-likeness (QED) is 0.238. The van der Waals surface area contributed by atoms with Crippen molar-refractivity contribution in [2.24, 2.45) is 4.99 Å². The molecule has 2 aliphatic rings. The van der Waals surface area contributed by atoms with Crippen LogP contribution in [0, 0.1) is 0 Å². The molecule has 0 saturated heterocycles. The SMILES string of the molecule is CN1C(c2ccc3c(c2)C(C)(C)c2ccccc2-3)=c2sc3ccccc3c2=N[C@@H]1CI. The summed E-state index contributed by atoms with van der Waals surface area (Å²) < 4.78 is 3.56. The molecule has 0 amide bonds. The van der Waals surface area contributed by atoms with Gasteiger partial charge in [0, 0.05) is 27.0 Å². The van der Waals surface area contributed by atoms with Crippen LogP contribution in [-0.4, -0.2) is 22.5 Å². The van der Waals surface area contributed by atoms with Gasteiger partial charge in [0.05, 0.1) is 15.6 Å². The first-order valence-corrected chi connectivity index (χ1v) is 13.0. The highest BCUT2D eigenvalue weighted by Gasteiger charge is 2.36. The molecule has 1 aliphatic heterocycles. The molecule has 0 unspecified atom stereocenters. The van der Waals surface area contributed by atoms with E-state index in [0.717, 1.165) is 4.43 Å². The Kier molecular flexibility index (Phi) is 4.35. The third-order valence-electron chi connectivity index (χ3n) is 6.86. The van der Waals surface area contributed by atoms with Crippen LogP contribution >= 0.6 is 33.9 Å². The van der Waals surface area contributed by atoms with Gasteiger partial charge in [-0.1, -0.05) is 91.0 Å². The zero-order chi connectivity index (χ0) is 21.3. The van der Waals surface area contributed by atoms with Crippen molar-refractivity contribution < 1.29 is 0 Å². The molecule has 1 aromatic heterocycles. The number of hydrogen-bond donors (Lipinski definition) is 0. The molecule has 0 fully saturated rings. The zero-order valence-corrected chi connectivity index (χ0v) is 20.8. The summed E-state index contributed by atoms with van der Waals surface area (Å²) in [5, 5.41) is 2.44. The smallest absolute Gasteiger partial charge is 0.130 e. The Hall–Kier alpha value is -2.18. The Labute approximate surface area is 200 Å². The van der Waals surface area contributed by atoms with Crippen LogP contribution in [0.25, 0.3) is 26.9 Å². The van der Waals surface area contributed by atoms with Gasteiger partial charge in [-0.3, -0.25) is 4.99 Å². The van der Waals surface area contributed by atoms with Crippen LogP contribution in [0.3, 0.4) is 0 Å². The average molecular weight is 534 g/mol. The highest BCUT2D eigenvalue weighted by atomic mass is 127. The molecule has 2 nitrogen and oxygen atoms in total. The van der Waals surface area contributed by atoms with Gasteiger partial charge in [0.1, 0.15) is 6.17 Å². The predicted octanol–water partition coefficient (Wildman–Crippen LogP) is 5.69. The maximum Gasteiger partial charge on any atom is 0.130 e. The van der Waals surface area contributed by atoms with Crippen LogP contribution in [-0.2, 0) is 5.41 Å². The van der Waals surface area contributed by atoms with Crippen LogP contribution in [0.1, 0.15) is 30.5 Å². The van der Waals surface area contributed by atoms with Gasteiger partial charge in [0.2, 0.25) is 0 Å². The summed E-state index contributed by atoms with van der Waals surface area (Å²) >= 11 is 4.33. The van der Waals surface area contributed by atoms with Gasteiger partial charge in [-0.25, -0.2) is 0 Å². The molecule has 0 radical (unpaired) electrons. The molecule has 4 heteroatoms. The maximum atomic E-state index is 5.15. The van der Waals surface area contributed by atoms with E-state index in [2.05, 4.69) is 115 Å². The van der Waals surface area contributed by atoms with Crippen molar-refractivity contribution >= 4 is 49.7 Å². The molecule has 0 spiro atoms. The summed E-state index contributed by atoms with van der Waals surface area (Å²) in [6.07, 6.45) is 0.152. The molecule has 3 aromatic carbocycles. The van der Waals surface area contributed by atoms with Crippen LogP contribution < -0.4 is 9.89 Å². The minimum atomic E-state index is 0.00572. The van der Waals surface area contributed by atoms with E-state index in [1.807, 2.05) is 11.3 Å². The summed E-state index contributed by atoms with van der Waals surface area (Å²) in [5.41, 5.74) is 8.19. The number of nitrogens with zero attached hydrogens (tertiary/aromatic N) is 2. The highest BCUT2D eigenvalue weighted by Crippen LogP contribution is 2.49. The molecule has 0 N–H and O–H groups in total. The van der Waals surface area contributed by atoms with Crippen molar-refractivity contribution in [3.63, 3.8) is 0 Å². The lowest BCUT2D eigenvalue weighted by atomic mass is 9.82. The lowest BCUT2D eigenvalue weighted by Gasteiger charge is -2.31.